The van der Waals surface area contributed by atoms with Crippen molar-refractivity contribution in [3.8, 4) is 0 Å². The monoisotopic (exact) mass is 284 g/mol. The first kappa shape index (κ1) is 17.4. The molecule has 20 heavy (non-hydrogen) atoms. The third-order valence-electron chi connectivity index (χ3n) is 4.12. The quantitative estimate of drug-likeness (QED) is 0.703. The van der Waals surface area contributed by atoms with E-state index in [0.717, 1.165) is 39.0 Å². The molecule has 2 atom stereocenters. The van der Waals surface area contributed by atoms with Crippen molar-refractivity contribution in [3.05, 3.63) is 0 Å². The molecule has 0 radical (unpaired) electrons. The van der Waals surface area contributed by atoms with Crippen LogP contribution in [-0.4, -0.2) is 53.7 Å². The van der Waals surface area contributed by atoms with Crippen LogP contribution in [0.4, 0.5) is 0 Å². The number of nitrogens with zero attached hydrogens (tertiary/aromatic N) is 2. The Balaban J connectivity index is 2.53. The largest absolute Gasteiger partial charge is 0.313 e. The van der Waals surface area contributed by atoms with Gasteiger partial charge in [-0.15, -0.1) is 0 Å². The highest BCUT2D eigenvalue weighted by molar-refractivity contribution is 5.88. The first-order chi connectivity index (χ1) is 9.34. The van der Waals surface area contributed by atoms with E-state index in [4.69, 9.17) is 5.73 Å². The van der Waals surface area contributed by atoms with Gasteiger partial charge < -0.3 is 9.80 Å². The summed E-state index contributed by atoms with van der Waals surface area (Å²) in [5, 5.41) is 3.27. The van der Waals surface area contributed by atoms with Gasteiger partial charge in [-0.1, -0.05) is 27.7 Å². The molecule has 1 amide bonds. The van der Waals surface area contributed by atoms with E-state index < -0.39 is 5.54 Å². The minimum absolute atomic E-state index is 0.151. The van der Waals surface area contributed by atoms with Crippen LogP contribution in [0.3, 0.4) is 0 Å². The first-order valence-electron chi connectivity index (χ1n) is 7.90. The number of rotatable bonds is 8. The Bertz CT molecular complexity index is 317. The minimum Gasteiger partial charge on any atom is -0.313 e. The molecular formula is C15H32N4O. The lowest BCUT2D eigenvalue weighted by Gasteiger charge is -2.25. The summed E-state index contributed by atoms with van der Waals surface area (Å²) in [5.74, 6) is 0.623. The van der Waals surface area contributed by atoms with Crippen LogP contribution in [0.1, 0.15) is 47.5 Å². The summed E-state index contributed by atoms with van der Waals surface area (Å²) >= 11 is 0. The van der Waals surface area contributed by atoms with Gasteiger partial charge in [-0.25, -0.2) is 0 Å². The average Bonchev–Trinajstić information content (AvgIpc) is 2.56. The van der Waals surface area contributed by atoms with Gasteiger partial charge in [0.05, 0.1) is 5.54 Å². The Hall–Kier alpha value is -0.650. The van der Waals surface area contributed by atoms with E-state index in [0.29, 0.717) is 5.92 Å². The predicted molar refractivity (Wildman–Crippen MR) is 83.1 cm³/mol. The lowest BCUT2D eigenvalue weighted by atomic mass is 9.91. The topological polar surface area (TPSA) is 61.6 Å². The van der Waals surface area contributed by atoms with Crippen LogP contribution in [-0.2, 0) is 4.79 Å². The molecule has 2 unspecified atom stereocenters. The Labute approximate surface area is 123 Å². The third kappa shape index (κ3) is 4.17. The fourth-order valence-electron chi connectivity index (χ4n) is 3.12. The van der Waals surface area contributed by atoms with Crippen molar-refractivity contribution in [1.82, 2.24) is 15.1 Å². The van der Waals surface area contributed by atoms with E-state index in [1.807, 2.05) is 6.92 Å². The van der Waals surface area contributed by atoms with Gasteiger partial charge in [0.15, 0.2) is 0 Å². The predicted octanol–water partition coefficient (Wildman–Crippen LogP) is 1.20. The second-order valence-electron chi connectivity index (χ2n) is 6.40. The van der Waals surface area contributed by atoms with Crippen molar-refractivity contribution in [1.29, 1.82) is 0 Å². The lowest BCUT2D eigenvalue weighted by Crippen LogP contribution is -2.48. The van der Waals surface area contributed by atoms with E-state index >= 15 is 0 Å². The fraction of sp³-hybridized carbons (Fsp3) is 0.933. The number of carbonyl (C=O) groups is 1. The van der Waals surface area contributed by atoms with E-state index in [-0.39, 0.29) is 12.2 Å². The molecule has 0 spiro atoms. The molecule has 118 valence electrons. The van der Waals surface area contributed by atoms with Crippen LogP contribution < -0.4 is 11.1 Å². The Morgan fingerprint density at radius 3 is 2.50 bits per heavy atom. The molecule has 1 fully saturated rings. The maximum Gasteiger partial charge on any atom is 0.244 e. The zero-order valence-corrected chi connectivity index (χ0v) is 13.8. The summed E-state index contributed by atoms with van der Waals surface area (Å²) in [6.07, 6.45) is 1.45. The summed E-state index contributed by atoms with van der Waals surface area (Å²) in [5.41, 5.74) is 5.59. The van der Waals surface area contributed by atoms with E-state index in [9.17, 15) is 4.79 Å². The first-order valence-corrected chi connectivity index (χ1v) is 7.90. The van der Waals surface area contributed by atoms with E-state index in [1.165, 1.54) is 0 Å². The number of carbonyl (C=O) groups excluding carboxylic acids is 1. The van der Waals surface area contributed by atoms with Crippen LogP contribution in [0.5, 0.6) is 0 Å². The summed E-state index contributed by atoms with van der Waals surface area (Å²) in [6.45, 7) is 14.4. The summed E-state index contributed by atoms with van der Waals surface area (Å²) in [7, 11) is 0. The molecule has 3 N–H and O–H groups in total. The molecule has 0 aromatic carbocycles. The minimum atomic E-state index is -0.497. The number of nitrogens with two attached hydrogens (primary N) is 1. The molecule has 0 bridgehead atoms. The Kier molecular flexibility index (Phi) is 6.43. The lowest BCUT2D eigenvalue weighted by molar-refractivity contribution is -0.133. The highest BCUT2D eigenvalue weighted by atomic mass is 16.2. The van der Waals surface area contributed by atoms with Crippen LogP contribution in [0.25, 0.3) is 0 Å². The zero-order valence-electron chi connectivity index (χ0n) is 13.8. The molecule has 0 aromatic rings. The van der Waals surface area contributed by atoms with E-state index in [2.05, 4.69) is 37.9 Å². The van der Waals surface area contributed by atoms with Crippen molar-refractivity contribution in [2.45, 2.75) is 59.3 Å². The van der Waals surface area contributed by atoms with Crippen LogP contribution in [0, 0.1) is 5.92 Å². The van der Waals surface area contributed by atoms with Gasteiger partial charge in [0.1, 0.15) is 6.29 Å². The molecule has 1 rings (SSSR count). The van der Waals surface area contributed by atoms with E-state index in [1.54, 1.807) is 4.90 Å². The van der Waals surface area contributed by atoms with Crippen LogP contribution >= 0.6 is 0 Å². The normalized spacial score (nSPS) is 27.1. The fourth-order valence-corrected chi connectivity index (χ4v) is 3.12. The smallest absolute Gasteiger partial charge is 0.244 e. The number of amides is 1. The molecular weight excluding hydrogens is 252 g/mol. The second-order valence-corrected chi connectivity index (χ2v) is 6.40. The maximum absolute atomic E-state index is 12.6. The molecule has 1 aliphatic heterocycles. The molecule has 0 aromatic heterocycles. The average molecular weight is 284 g/mol. The summed E-state index contributed by atoms with van der Waals surface area (Å²) in [4.78, 5) is 16.7. The molecule has 1 aliphatic rings. The van der Waals surface area contributed by atoms with Gasteiger partial charge in [-0.3, -0.25) is 15.8 Å². The molecule has 1 saturated heterocycles. The highest BCUT2D eigenvalue weighted by Crippen LogP contribution is 2.25. The second kappa shape index (κ2) is 7.38. The van der Waals surface area contributed by atoms with Gasteiger partial charge in [0, 0.05) is 6.54 Å². The Morgan fingerprint density at radius 1 is 1.40 bits per heavy atom. The number of nitrogens with one attached hydrogen (secondary N) is 1. The van der Waals surface area contributed by atoms with Gasteiger partial charge in [0.25, 0.3) is 0 Å². The van der Waals surface area contributed by atoms with Crippen molar-refractivity contribution in [3.63, 3.8) is 0 Å². The van der Waals surface area contributed by atoms with Crippen LogP contribution in [0.15, 0.2) is 0 Å². The maximum atomic E-state index is 12.6. The third-order valence-corrected chi connectivity index (χ3v) is 4.12. The molecule has 0 saturated carbocycles. The van der Waals surface area contributed by atoms with Crippen molar-refractivity contribution >= 4 is 5.91 Å². The number of hydrogen-bond acceptors (Lipinski definition) is 4. The molecule has 5 heteroatoms. The van der Waals surface area contributed by atoms with Gasteiger partial charge in [-0.05, 0) is 45.3 Å². The van der Waals surface area contributed by atoms with Gasteiger partial charge in [0.2, 0.25) is 5.91 Å². The Morgan fingerprint density at radius 2 is 2.00 bits per heavy atom. The SMILES string of the molecule is CCN(CC)CCCN1C(=O)C(C)(CC(C)C)NC1N. The van der Waals surface area contributed by atoms with Crippen molar-refractivity contribution < 1.29 is 4.79 Å². The number of hydrogen-bond donors (Lipinski definition) is 2. The van der Waals surface area contributed by atoms with Crippen molar-refractivity contribution in [2.75, 3.05) is 26.2 Å². The van der Waals surface area contributed by atoms with Gasteiger partial charge >= 0.3 is 0 Å². The summed E-state index contributed by atoms with van der Waals surface area (Å²) in [6, 6.07) is 0. The standard InChI is InChI=1S/C15H32N4O/c1-6-18(7-2)9-8-10-19-13(20)15(5,11-12(3)4)17-14(19)16/h12,14,17H,6-11,16H2,1-5H3. The molecule has 0 aliphatic carbocycles. The highest BCUT2D eigenvalue weighted by Gasteiger charge is 2.46. The summed E-state index contributed by atoms with van der Waals surface area (Å²) < 4.78 is 0. The van der Waals surface area contributed by atoms with Gasteiger partial charge in [-0.2, -0.15) is 0 Å². The molecule has 5 nitrogen and oxygen atoms in total. The zero-order chi connectivity index (χ0) is 15.3. The van der Waals surface area contributed by atoms with Crippen LogP contribution in [0.2, 0.25) is 0 Å². The molecule has 1 heterocycles. The van der Waals surface area contributed by atoms with Crippen molar-refractivity contribution in [2.24, 2.45) is 11.7 Å².